The Kier molecular flexibility index (Phi) is 4.16. The van der Waals surface area contributed by atoms with E-state index < -0.39 is 5.82 Å². The lowest BCUT2D eigenvalue weighted by Gasteiger charge is -2.10. The van der Waals surface area contributed by atoms with Gasteiger partial charge in [-0.3, -0.25) is 0 Å². The zero-order valence-corrected chi connectivity index (χ0v) is 11.5. The van der Waals surface area contributed by atoms with Gasteiger partial charge in [0.1, 0.15) is 28.9 Å². The molecule has 0 atom stereocenters. The molecule has 2 aromatic carbocycles. The number of benzene rings is 2. The second-order valence-corrected chi connectivity index (χ2v) is 4.75. The summed E-state index contributed by atoms with van der Waals surface area (Å²) in [5, 5.41) is 9.63. The van der Waals surface area contributed by atoms with E-state index in [2.05, 4.69) is 0 Å². The van der Waals surface area contributed by atoms with Crippen molar-refractivity contribution < 1.29 is 9.13 Å². The standard InChI is InChI=1S/C13H5Cl3FNO/c14-8-4-10(16)13(5-9(8)15)19-12-3-1-2-11(17)7(12)6-18/h1-5H. The van der Waals surface area contributed by atoms with Crippen LogP contribution in [0.3, 0.4) is 0 Å². The number of hydrogen-bond acceptors (Lipinski definition) is 2. The number of ether oxygens (including phenoxy) is 1. The fourth-order valence-corrected chi connectivity index (χ4v) is 1.97. The summed E-state index contributed by atoms with van der Waals surface area (Å²) in [6.07, 6.45) is 0. The molecule has 2 nitrogen and oxygen atoms in total. The number of hydrogen-bond donors (Lipinski definition) is 0. The minimum absolute atomic E-state index is 0.0581. The highest BCUT2D eigenvalue weighted by Crippen LogP contribution is 2.37. The van der Waals surface area contributed by atoms with Crippen molar-refractivity contribution in [1.82, 2.24) is 0 Å². The van der Waals surface area contributed by atoms with Crippen molar-refractivity contribution >= 4 is 34.8 Å². The number of halogens is 4. The Hall–Kier alpha value is -1.47. The number of nitriles is 1. The molecule has 0 aromatic heterocycles. The first-order valence-electron chi connectivity index (χ1n) is 5.04. The summed E-state index contributed by atoms with van der Waals surface area (Å²) in [4.78, 5) is 0. The highest BCUT2D eigenvalue weighted by Gasteiger charge is 2.13. The van der Waals surface area contributed by atoms with E-state index in [-0.39, 0.29) is 32.1 Å². The van der Waals surface area contributed by atoms with E-state index >= 15 is 0 Å². The Balaban J connectivity index is 2.45. The lowest BCUT2D eigenvalue weighted by Crippen LogP contribution is -1.92. The van der Waals surface area contributed by atoms with Crippen LogP contribution >= 0.6 is 34.8 Å². The van der Waals surface area contributed by atoms with Gasteiger partial charge < -0.3 is 4.74 Å². The quantitative estimate of drug-likeness (QED) is 0.690. The van der Waals surface area contributed by atoms with Crippen molar-refractivity contribution in [3.63, 3.8) is 0 Å². The van der Waals surface area contributed by atoms with Gasteiger partial charge in [0.15, 0.2) is 0 Å². The molecule has 0 saturated carbocycles. The van der Waals surface area contributed by atoms with Crippen LogP contribution in [0.2, 0.25) is 15.1 Å². The van der Waals surface area contributed by atoms with Gasteiger partial charge >= 0.3 is 0 Å². The van der Waals surface area contributed by atoms with Crippen LogP contribution in [0, 0.1) is 17.1 Å². The Labute approximate surface area is 123 Å². The third-order valence-corrected chi connectivity index (χ3v) is 3.30. The van der Waals surface area contributed by atoms with Gasteiger partial charge in [0.2, 0.25) is 0 Å². The molecule has 0 unspecified atom stereocenters. The molecule has 0 radical (unpaired) electrons. The Bertz CT molecular complexity index is 682. The van der Waals surface area contributed by atoms with Gasteiger partial charge in [0, 0.05) is 6.07 Å². The Morgan fingerprint density at radius 1 is 1.00 bits per heavy atom. The van der Waals surface area contributed by atoms with Crippen molar-refractivity contribution in [2.24, 2.45) is 0 Å². The van der Waals surface area contributed by atoms with Gasteiger partial charge in [-0.15, -0.1) is 0 Å². The SMILES string of the molecule is N#Cc1c(F)cccc1Oc1cc(Cl)c(Cl)cc1Cl. The molecule has 0 aliphatic rings. The summed E-state index contributed by atoms with van der Waals surface area (Å²) in [6, 6.07) is 8.59. The van der Waals surface area contributed by atoms with Crippen LogP contribution in [0.25, 0.3) is 0 Å². The van der Waals surface area contributed by atoms with Gasteiger partial charge in [0.05, 0.1) is 15.1 Å². The van der Waals surface area contributed by atoms with Crippen LogP contribution in [0.5, 0.6) is 11.5 Å². The highest BCUT2D eigenvalue weighted by molar-refractivity contribution is 6.43. The third-order valence-electron chi connectivity index (χ3n) is 2.28. The van der Waals surface area contributed by atoms with Crippen molar-refractivity contribution in [3.8, 4) is 17.6 Å². The first-order valence-corrected chi connectivity index (χ1v) is 6.17. The molecule has 0 saturated heterocycles. The first-order chi connectivity index (χ1) is 9.02. The summed E-state index contributed by atoms with van der Waals surface area (Å²) in [6.45, 7) is 0. The molecule has 6 heteroatoms. The van der Waals surface area contributed by atoms with Crippen LogP contribution in [0.1, 0.15) is 5.56 Å². The third kappa shape index (κ3) is 2.93. The van der Waals surface area contributed by atoms with Crippen LogP contribution in [0.15, 0.2) is 30.3 Å². The van der Waals surface area contributed by atoms with Crippen LogP contribution in [0.4, 0.5) is 4.39 Å². The topological polar surface area (TPSA) is 33.0 Å². The van der Waals surface area contributed by atoms with E-state index in [4.69, 9.17) is 44.8 Å². The summed E-state index contributed by atoms with van der Waals surface area (Å²) in [5.41, 5.74) is -0.204. The smallest absolute Gasteiger partial charge is 0.148 e. The normalized spacial score (nSPS) is 10.1. The van der Waals surface area contributed by atoms with Crippen LogP contribution in [-0.2, 0) is 0 Å². The van der Waals surface area contributed by atoms with Crippen molar-refractivity contribution in [3.05, 3.63) is 56.8 Å². The fraction of sp³-hybridized carbons (Fsp3) is 0. The zero-order valence-electron chi connectivity index (χ0n) is 9.25. The number of nitrogens with zero attached hydrogens (tertiary/aromatic N) is 1. The van der Waals surface area contributed by atoms with Gasteiger partial charge in [-0.05, 0) is 18.2 Å². The largest absolute Gasteiger partial charge is 0.454 e. The molecular weight excluding hydrogens is 312 g/mol. The molecule has 0 fully saturated rings. The van der Waals surface area contributed by atoms with E-state index in [0.717, 1.165) is 0 Å². The van der Waals surface area contributed by atoms with Gasteiger partial charge in [-0.25, -0.2) is 4.39 Å². The van der Waals surface area contributed by atoms with Crippen molar-refractivity contribution in [1.29, 1.82) is 5.26 Å². The molecule has 0 bridgehead atoms. The second kappa shape index (κ2) is 5.66. The summed E-state index contributed by atoms with van der Waals surface area (Å²) < 4.78 is 18.8. The van der Waals surface area contributed by atoms with Gasteiger partial charge in [-0.2, -0.15) is 5.26 Å². The molecule has 96 valence electrons. The summed E-state index contributed by atoms with van der Waals surface area (Å²) in [7, 11) is 0. The minimum atomic E-state index is -0.670. The molecule has 0 heterocycles. The molecule has 2 rings (SSSR count). The number of rotatable bonds is 2. The van der Waals surface area contributed by atoms with E-state index in [1.807, 2.05) is 0 Å². The second-order valence-electron chi connectivity index (χ2n) is 3.52. The average Bonchev–Trinajstić information content (AvgIpc) is 2.36. The van der Waals surface area contributed by atoms with Crippen LogP contribution in [-0.4, -0.2) is 0 Å². The highest BCUT2D eigenvalue weighted by atomic mass is 35.5. The maximum absolute atomic E-state index is 13.4. The van der Waals surface area contributed by atoms with E-state index in [1.165, 1.54) is 30.3 Å². The summed E-state index contributed by atoms with van der Waals surface area (Å²) >= 11 is 17.6. The van der Waals surface area contributed by atoms with Gasteiger partial charge in [-0.1, -0.05) is 40.9 Å². The summed E-state index contributed by atoms with van der Waals surface area (Å²) in [5.74, 6) is -0.419. The lowest BCUT2D eigenvalue weighted by atomic mass is 10.2. The molecule has 2 aromatic rings. The first kappa shape index (κ1) is 14.0. The van der Waals surface area contributed by atoms with Crippen molar-refractivity contribution in [2.45, 2.75) is 0 Å². The maximum Gasteiger partial charge on any atom is 0.148 e. The van der Waals surface area contributed by atoms with E-state index in [0.29, 0.717) is 0 Å². The van der Waals surface area contributed by atoms with Crippen molar-refractivity contribution in [2.75, 3.05) is 0 Å². The molecule has 0 spiro atoms. The predicted molar refractivity (Wildman–Crippen MR) is 72.7 cm³/mol. The fourth-order valence-electron chi connectivity index (χ4n) is 1.40. The molecule has 0 amide bonds. The molecule has 0 aliphatic heterocycles. The average molecular weight is 317 g/mol. The van der Waals surface area contributed by atoms with Crippen LogP contribution < -0.4 is 4.74 Å². The Morgan fingerprint density at radius 3 is 2.37 bits per heavy atom. The van der Waals surface area contributed by atoms with Gasteiger partial charge in [0.25, 0.3) is 0 Å². The zero-order chi connectivity index (χ0) is 14.0. The Morgan fingerprint density at radius 2 is 1.68 bits per heavy atom. The maximum atomic E-state index is 13.4. The monoisotopic (exact) mass is 315 g/mol. The molecule has 0 aliphatic carbocycles. The molecule has 19 heavy (non-hydrogen) atoms. The molecular formula is C13H5Cl3FNO. The predicted octanol–water partition coefficient (Wildman–Crippen LogP) is 5.45. The van der Waals surface area contributed by atoms with E-state index in [1.54, 1.807) is 6.07 Å². The minimum Gasteiger partial charge on any atom is -0.454 e. The lowest BCUT2D eigenvalue weighted by molar-refractivity contribution is 0.474. The molecule has 0 N–H and O–H groups in total. The van der Waals surface area contributed by atoms with E-state index in [9.17, 15) is 4.39 Å².